The Labute approximate surface area is 272 Å². The van der Waals surface area contributed by atoms with E-state index in [4.69, 9.17) is 0 Å². The SMILES string of the molecule is C=CC1C(=O)N[C@H](CC2N/C(=C\c3[nH]c(/C=C4\NC(=O)[C@H](C)[C@H]4CCS)c(C)c3CCC(=O)O)C([C@@H](O)CC(=O)O)=C2C)/C1=C\O. The molecule has 3 aliphatic heterocycles. The molecule has 0 aliphatic carbocycles. The average molecular weight is 655 g/mol. The first-order valence-electron chi connectivity index (χ1n) is 15.2. The molecule has 2 amide bonds. The Morgan fingerprint density at radius 1 is 1.04 bits per heavy atom. The largest absolute Gasteiger partial charge is 0.516 e. The van der Waals surface area contributed by atoms with Crippen LogP contribution in [0.15, 0.2) is 47.0 Å². The van der Waals surface area contributed by atoms with Gasteiger partial charge in [-0.3, -0.25) is 19.2 Å². The lowest BCUT2D eigenvalue weighted by Crippen LogP contribution is -2.35. The predicted octanol–water partition coefficient (Wildman–Crippen LogP) is 2.98. The lowest BCUT2D eigenvalue weighted by Gasteiger charge is -2.20. The molecule has 2 saturated heterocycles. The van der Waals surface area contributed by atoms with Crippen LogP contribution in [-0.2, 0) is 25.6 Å². The van der Waals surface area contributed by atoms with E-state index in [2.05, 4.69) is 40.1 Å². The van der Waals surface area contributed by atoms with E-state index in [-0.39, 0.29) is 36.5 Å². The van der Waals surface area contributed by atoms with Gasteiger partial charge in [0.1, 0.15) is 0 Å². The van der Waals surface area contributed by atoms with Crippen LogP contribution in [0.25, 0.3) is 12.2 Å². The Balaban J connectivity index is 1.77. The number of hydrogen-bond donors (Lipinski definition) is 9. The second kappa shape index (κ2) is 14.5. The van der Waals surface area contributed by atoms with Gasteiger partial charge in [0.05, 0.1) is 36.8 Å². The smallest absolute Gasteiger partial charge is 0.306 e. The maximum Gasteiger partial charge on any atom is 0.306 e. The van der Waals surface area contributed by atoms with E-state index >= 15 is 0 Å². The van der Waals surface area contributed by atoms with Crippen molar-refractivity contribution in [2.24, 2.45) is 17.8 Å². The first kappa shape index (κ1) is 34.6. The summed E-state index contributed by atoms with van der Waals surface area (Å²) < 4.78 is 0. The van der Waals surface area contributed by atoms with E-state index in [0.717, 1.165) is 23.1 Å². The highest BCUT2D eigenvalue weighted by atomic mass is 32.1. The molecular weight excluding hydrogens is 612 g/mol. The van der Waals surface area contributed by atoms with Gasteiger partial charge < -0.3 is 41.4 Å². The standard InChI is InChI=1S/C33H42N4O8S/c1-5-18-21(14-38)26(37-33(18)45)11-23-17(4)31(28(39)13-30(42)43)27(35-23)12-24-19(6-7-29(40)41)15(2)22(34-24)10-25-20(8-9-46)16(3)32(44)36-25/h5,10,12,14,16,18,20,23,26,28,34-35,38-39,46H,1,6-9,11,13H2,2-4H3,(H,36,44)(H,37,45)(H,40,41)(H,42,43)/b21-14-,25-10-,27-12-/t16-,18?,20-,23?,26-,28+/m1/s1. The zero-order valence-electron chi connectivity index (χ0n) is 26.1. The molecule has 0 radical (unpaired) electrons. The average Bonchev–Trinajstić information content (AvgIpc) is 3.65. The highest BCUT2D eigenvalue weighted by Crippen LogP contribution is 2.37. The summed E-state index contributed by atoms with van der Waals surface area (Å²) in [5.74, 6) is -2.88. The number of carbonyl (C=O) groups excluding carboxylic acids is 2. The zero-order chi connectivity index (χ0) is 33.9. The first-order chi connectivity index (χ1) is 21.8. The third-order valence-corrected chi connectivity index (χ3v) is 9.50. The summed E-state index contributed by atoms with van der Waals surface area (Å²) in [6.07, 6.45) is 5.11. The topological polar surface area (TPSA) is 201 Å². The minimum atomic E-state index is -1.36. The number of amides is 2. The second-order valence-electron chi connectivity index (χ2n) is 12.1. The molecule has 0 bridgehead atoms. The van der Waals surface area contributed by atoms with E-state index in [1.54, 1.807) is 13.0 Å². The van der Waals surface area contributed by atoms with Crippen LogP contribution in [0.2, 0.25) is 0 Å². The third-order valence-electron chi connectivity index (χ3n) is 9.24. The monoisotopic (exact) mass is 654 g/mol. The molecule has 12 nitrogen and oxygen atoms in total. The molecule has 0 saturated carbocycles. The van der Waals surface area contributed by atoms with Crippen molar-refractivity contribution in [3.8, 4) is 0 Å². The van der Waals surface area contributed by atoms with E-state index in [9.17, 15) is 39.6 Å². The number of aliphatic hydroxyl groups excluding tert-OH is 2. The van der Waals surface area contributed by atoms with Crippen molar-refractivity contribution in [3.05, 3.63) is 69.5 Å². The Bertz CT molecular complexity index is 1550. The lowest BCUT2D eigenvalue weighted by molar-refractivity contribution is -0.139. The van der Waals surface area contributed by atoms with Gasteiger partial charge in [-0.05, 0) is 67.7 Å². The summed E-state index contributed by atoms with van der Waals surface area (Å²) in [7, 11) is 0. The van der Waals surface area contributed by atoms with Gasteiger partial charge in [-0.15, -0.1) is 6.58 Å². The van der Waals surface area contributed by atoms with Crippen LogP contribution < -0.4 is 16.0 Å². The molecule has 1 aromatic heterocycles. The fraction of sp³-hybridized carbons (Fsp3) is 0.455. The van der Waals surface area contributed by atoms with Crippen LogP contribution in [0.5, 0.6) is 0 Å². The quantitative estimate of drug-likeness (QED) is 0.0871. The van der Waals surface area contributed by atoms with Crippen molar-refractivity contribution in [2.75, 3.05) is 5.75 Å². The fourth-order valence-electron chi connectivity index (χ4n) is 6.68. The number of thiol groups is 1. The maximum atomic E-state index is 12.5. The summed E-state index contributed by atoms with van der Waals surface area (Å²) in [6, 6.07) is -0.970. The molecule has 6 atom stereocenters. The minimum absolute atomic E-state index is 0.0489. The highest BCUT2D eigenvalue weighted by molar-refractivity contribution is 7.80. The van der Waals surface area contributed by atoms with Gasteiger partial charge in [-0.1, -0.05) is 13.0 Å². The van der Waals surface area contributed by atoms with Crippen LogP contribution in [0.3, 0.4) is 0 Å². The minimum Gasteiger partial charge on any atom is -0.516 e. The molecule has 2 unspecified atom stereocenters. The Kier molecular flexibility index (Phi) is 10.9. The molecular formula is C33H42N4O8S. The zero-order valence-corrected chi connectivity index (χ0v) is 27.0. The number of aromatic nitrogens is 1. The van der Waals surface area contributed by atoms with Gasteiger partial charge in [-0.2, -0.15) is 12.6 Å². The fourth-order valence-corrected chi connectivity index (χ4v) is 6.96. The number of rotatable bonds is 13. The van der Waals surface area contributed by atoms with E-state index in [1.807, 2.05) is 19.9 Å². The Hall–Kier alpha value is -4.23. The summed E-state index contributed by atoms with van der Waals surface area (Å²) in [5.41, 5.74) is 5.48. The lowest BCUT2D eigenvalue weighted by atomic mass is 9.91. The number of aliphatic hydroxyl groups is 2. The number of hydrogen-bond acceptors (Lipinski definition) is 8. The Morgan fingerprint density at radius 2 is 1.76 bits per heavy atom. The van der Waals surface area contributed by atoms with Gasteiger partial charge in [0, 0.05) is 52.2 Å². The van der Waals surface area contributed by atoms with Gasteiger partial charge >= 0.3 is 11.9 Å². The normalized spacial score (nSPS) is 27.8. The third kappa shape index (κ3) is 7.10. The molecule has 1 aromatic rings. The summed E-state index contributed by atoms with van der Waals surface area (Å²) >= 11 is 4.36. The maximum absolute atomic E-state index is 12.5. The summed E-state index contributed by atoms with van der Waals surface area (Å²) in [5, 5.41) is 49.1. The number of aliphatic carboxylic acids is 2. The number of nitrogens with one attached hydrogen (secondary N) is 4. The van der Waals surface area contributed by atoms with Crippen molar-refractivity contribution in [2.45, 2.75) is 71.1 Å². The molecule has 3 aliphatic rings. The van der Waals surface area contributed by atoms with Crippen LogP contribution in [0, 0.1) is 24.7 Å². The number of carboxylic acids is 2. The molecule has 2 fully saturated rings. The van der Waals surface area contributed by atoms with Gasteiger partial charge in [0.15, 0.2) is 0 Å². The van der Waals surface area contributed by atoms with Gasteiger partial charge in [0.2, 0.25) is 11.8 Å². The highest BCUT2D eigenvalue weighted by Gasteiger charge is 2.40. The van der Waals surface area contributed by atoms with Crippen molar-refractivity contribution < 1.29 is 39.6 Å². The molecule has 0 aromatic carbocycles. The first-order valence-corrected chi connectivity index (χ1v) is 15.9. The molecule has 4 rings (SSSR count). The molecule has 4 heterocycles. The molecule has 248 valence electrons. The summed E-state index contributed by atoms with van der Waals surface area (Å²) in [6.45, 7) is 9.19. The van der Waals surface area contributed by atoms with Crippen LogP contribution >= 0.6 is 12.6 Å². The van der Waals surface area contributed by atoms with Crippen molar-refractivity contribution in [1.29, 1.82) is 0 Å². The number of H-pyrrole nitrogens is 1. The van der Waals surface area contributed by atoms with Crippen molar-refractivity contribution in [3.63, 3.8) is 0 Å². The molecule has 13 heteroatoms. The van der Waals surface area contributed by atoms with Crippen molar-refractivity contribution >= 4 is 48.5 Å². The van der Waals surface area contributed by atoms with Gasteiger partial charge in [0.25, 0.3) is 0 Å². The van der Waals surface area contributed by atoms with Gasteiger partial charge in [-0.25, -0.2) is 0 Å². The molecule has 0 spiro atoms. The predicted molar refractivity (Wildman–Crippen MR) is 176 cm³/mol. The van der Waals surface area contributed by atoms with E-state index in [1.165, 1.54) is 6.08 Å². The number of carbonyl (C=O) groups is 4. The van der Waals surface area contributed by atoms with Crippen molar-refractivity contribution in [1.82, 2.24) is 20.9 Å². The van der Waals surface area contributed by atoms with E-state index < -0.39 is 42.5 Å². The Morgan fingerprint density at radius 3 is 2.37 bits per heavy atom. The van der Waals surface area contributed by atoms with Crippen LogP contribution in [0.4, 0.5) is 0 Å². The number of carboxylic acid groups (broad SMARTS) is 2. The van der Waals surface area contributed by atoms with Crippen LogP contribution in [-0.4, -0.2) is 73.1 Å². The summed E-state index contributed by atoms with van der Waals surface area (Å²) in [4.78, 5) is 51.5. The van der Waals surface area contributed by atoms with E-state index in [0.29, 0.717) is 52.4 Å². The van der Waals surface area contributed by atoms with Crippen LogP contribution in [0.1, 0.15) is 62.0 Å². The molecule has 8 N–H and O–H groups in total. The number of allylic oxidation sites excluding steroid dienone is 1. The number of aromatic amines is 1. The molecule has 46 heavy (non-hydrogen) atoms. The second-order valence-corrected chi connectivity index (χ2v) is 12.5.